The average Bonchev–Trinajstić information content (AvgIpc) is 3.22. The molecule has 33 heavy (non-hydrogen) atoms. The molecule has 9 N–H and O–H groups in total. The number of rotatable bonds is 14. The zero-order valence-corrected chi connectivity index (χ0v) is 17.6. The Balaban J connectivity index is 2.92. The molecule has 1 aromatic heterocycles. The highest BCUT2D eigenvalue weighted by molar-refractivity contribution is 5.95. The summed E-state index contributed by atoms with van der Waals surface area (Å²) in [4.78, 5) is 76.8. The molecule has 0 aliphatic carbocycles. The van der Waals surface area contributed by atoms with Crippen LogP contribution in [0.15, 0.2) is 12.5 Å². The van der Waals surface area contributed by atoms with Gasteiger partial charge in [-0.05, 0) is 13.3 Å². The number of H-pyrrole nitrogens is 1. The highest BCUT2D eigenvalue weighted by atomic mass is 16.4. The lowest BCUT2D eigenvalue weighted by Crippen LogP contribution is -2.57. The van der Waals surface area contributed by atoms with Crippen LogP contribution in [0.3, 0.4) is 0 Å². The molecule has 0 radical (unpaired) electrons. The summed E-state index contributed by atoms with van der Waals surface area (Å²) in [5.74, 6) is -7.04. The molecule has 4 unspecified atom stereocenters. The number of carboxylic acid groups (broad SMARTS) is 3. The van der Waals surface area contributed by atoms with Gasteiger partial charge in [-0.1, -0.05) is 0 Å². The molecule has 4 atom stereocenters. The van der Waals surface area contributed by atoms with E-state index in [2.05, 4.69) is 20.6 Å². The number of hydrogen-bond donors (Lipinski definition) is 8. The summed E-state index contributed by atoms with van der Waals surface area (Å²) in [7, 11) is 0. The van der Waals surface area contributed by atoms with E-state index >= 15 is 0 Å². The van der Waals surface area contributed by atoms with E-state index in [0.717, 1.165) is 6.92 Å². The SMILES string of the molecule is CC(NC(=O)C(CC(=O)O)NC(=O)C(CCC(=O)O)NC(=O)C(N)Cc1cnc[nH]1)C(=O)O. The minimum atomic E-state index is -1.68. The fourth-order valence-electron chi connectivity index (χ4n) is 2.57. The van der Waals surface area contributed by atoms with Crippen LogP contribution in [0.4, 0.5) is 0 Å². The lowest BCUT2D eigenvalue weighted by Gasteiger charge is -2.23. The van der Waals surface area contributed by atoms with E-state index in [1.165, 1.54) is 12.5 Å². The molecule has 0 saturated heterocycles. The van der Waals surface area contributed by atoms with Crippen molar-refractivity contribution in [3.63, 3.8) is 0 Å². The summed E-state index contributed by atoms with van der Waals surface area (Å²) < 4.78 is 0. The number of aliphatic carboxylic acids is 3. The van der Waals surface area contributed by atoms with E-state index in [4.69, 9.17) is 21.1 Å². The normalized spacial score (nSPS) is 14.2. The molecular weight excluding hydrogens is 444 g/mol. The summed E-state index contributed by atoms with van der Waals surface area (Å²) in [6.45, 7) is 1.14. The Morgan fingerprint density at radius 1 is 0.970 bits per heavy atom. The van der Waals surface area contributed by atoms with Crippen molar-refractivity contribution in [3.05, 3.63) is 18.2 Å². The maximum absolute atomic E-state index is 12.7. The Morgan fingerprint density at radius 2 is 1.58 bits per heavy atom. The fraction of sp³-hybridized carbons (Fsp3) is 0.500. The van der Waals surface area contributed by atoms with Crippen molar-refractivity contribution in [2.45, 2.75) is 56.8 Å². The van der Waals surface area contributed by atoms with Crippen molar-refractivity contribution in [1.29, 1.82) is 0 Å². The van der Waals surface area contributed by atoms with Crippen LogP contribution in [-0.4, -0.2) is 85.1 Å². The summed E-state index contributed by atoms with van der Waals surface area (Å²) in [6, 6.07) is -5.63. The van der Waals surface area contributed by atoms with Gasteiger partial charge in [0.2, 0.25) is 17.7 Å². The van der Waals surface area contributed by atoms with Gasteiger partial charge in [-0.15, -0.1) is 0 Å². The van der Waals surface area contributed by atoms with Crippen LogP contribution in [0, 0.1) is 0 Å². The van der Waals surface area contributed by atoms with Crippen LogP contribution >= 0.6 is 0 Å². The molecule has 0 spiro atoms. The van der Waals surface area contributed by atoms with Gasteiger partial charge in [-0.3, -0.25) is 28.8 Å². The molecule has 0 bridgehead atoms. The van der Waals surface area contributed by atoms with E-state index in [1.54, 1.807) is 0 Å². The van der Waals surface area contributed by atoms with Crippen molar-refractivity contribution in [3.8, 4) is 0 Å². The number of nitrogens with one attached hydrogen (secondary N) is 4. The van der Waals surface area contributed by atoms with Crippen molar-refractivity contribution >= 4 is 35.6 Å². The van der Waals surface area contributed by atoms with Crippen LogP contribution in [0.5, 0.6) is 0 Å². The number of hydrogen-bond acceptors (Lipinski definition) is 8. The van der Waals surface area contributed by atoms with Gasteiger partial charge in [0, 0.05) is 24.7 Å². The highest BCUT2D eigenvalue weighted by Crippen LogP contribution is 2.04. The van der Waals surface area contributed by atoms with Crippen LogP contribution in [-0.2, 0) is 35.2 Å². The van der Waals surface area contributed by atoms with E-state index in [0.29, 0.717) is 5.69 Å². The molecule has 15 heteroatoms. The number of carboxylic acids is 3. The zero-order chi connectivity index (χ0) is 25.1. The number of nitrogens with two attached hydrogens (primary N) is 1. The molecule has 1 heterocycles. The third-order valence-corrected chi connectivity index (χ3v) is 4.35. The molecule has 0 aliphatic rings. The van der Waals surface area contributed by atoms with Crippen LogP contribution < -0.4 is 21.7 Å². The van der Waals surface area contributed by atoms with Gasteiger partial charge in [0.1, 0.15) is 18.1 Å². The summed E-state index contributed by atoms with van der Waals surface area (Å²) in [5, 5.41) is 33.3. The van der Waals surface area contributed by atoms with Gasteiger partial charge in [0.05, 0.1) is 18.8 Å². The molecule has 1 rings (SSSR count). The number of nitrogens with zero attached hydrogens (tertiary/aromatic N) is 1. The number of aromatic nitrogens is 2. The Hall–Kier alpha value is -4.01. The van der Waals surface area contributed by atoms with Crippen LogP contribution in [0.1, 0.15) is 31.9 Å². The minimum Gasteiger partial charge on any atom is -0.481 e. The Labute approximate surface area is 187 Å². The van der Waals surface area contributed by atoms with E-state index in [1.807, 2.05) is 5.32 Å². The predicted octanol–water partition coefficient (Wildman–Crippen LogP) is -2.82. The van der Waals surface area contributed by atoms with Gasteiger partial charge in [-0.2, -0.15) is 0 Å². The second-order valence-corrected chi connectivity index (χ2v) is 7.11. The molecule has 1 aromatic rings. The van der Waals surface area contributed by atoms with Gasteiger partial charge in [-0.25, -0.2) is 4.98 Å². The molecule has 0 saturated carbocycles. The summed E-state index contributed by atoms with van der Waals surface area (Å²) in [6.07, 6.45) is 1.06. The molecular formula is C18H26N6O9. The van der Waals surface area contributed by atoms with Gasteiger partial charge in [0.25, 0.3) is 0 Å². The summed E-state index contributed by atoms with van der Waals surface area (Å²) in [5.41, 5.74) is 6.34. The largest absolute Gasteiger partial charge is 0.481 e. The first kappa shape index (κ1) is 27.0. The number of aromatic amines is 1. The van der Waals surface area contributed by atoms with Crippen LogP contribution in [0.25, 0.3) is 0 Å². The highest BCUT2D eigenvalue weighted by Gasteiger charge is 2.31. The molecule has 0 aromatic carbocycles. The first-order valence-corrected chi connectivity index (χ1v) is 9.71. The third-order valence-electron chi connectivity index (χ3n) is 4.35. The lowest BCUT2D eigenvalue weighted by molar-refractivity contribution is -0.143. The minimum absolute atomic E-state index is 0.0379. The maximum atomic E-state index is 12.7. The maximum Gasteiger partial charge on any atom is 0.325 e. The van der Waals surface area contributed by atoms with Gasteiger partial charge >= 0.3 is 17.9 Å². The second-order valence-electron chi connectivity index (χ2n) is 7.11. The van der Waals surface area contributed by atoms with Crippen molar-refractivity contribution in [1.82, 2.24) is 25.9 Å². The molecule has 0 aliphatic heterocycles. The third kappa shape index (κ3) is 9.77. The smallest absolute Gasteiger partial charge is 0.325 e. The lowest BCUT2D eigenvalue weighted by atomic mass is 10.1. The number of imidazole rings is 1. The van der Waals surface area contributed by atoms with E-state index < -0.39 is 72.6 Å². The second kappa shape index (κ2) is 12.7. The van der Waals surface area contributed by atoms with E-state index in [-0.39, 0.29) is 12.8 Å². The first-order valence-electron chi connectivity index (χ1n) is 9.71. The topological polar surface area (TPSA) is 254 Å². The number of carbonyl (C=O) groups is 6. The number of amides is 3. The zero-order valence-electron chi connectivity index (χ0n) is 17.6. The van der Waals surface area contributed by atoms with Crippen molar-refractivity contribution < 1.29 is 44.1 Å². The van der Waals surface area contributed by atoms with Gasteiger partial charge in [0.15, 0.2) is 0 Å². The standard InChI is InChI=1S/C18H26N6O9/c1-8(18(32)33)22-17(31)12(5-14(27)28)24-16(30)11(2-3-13(25)26)23-15(29)10(19)4-9-6-20-7-21-9/h6-8,10-12H,2-5,19H2,1H3,(H,20,21)(H,22,31)(H,23,29)(H,24,30)(H,25,26)(H,27,28)(H,32,33). The number of carbonyl (C=O) groups excluding carboxylic acids is 3. The molecule has 182 valence electrons. The van der Waals surface area contributed by atoms with Gasteiger partial charge < -0.3 is 42.0 Å². The fourth-order valence-corrected chi connectivity index (χ4v) is 2.57. The molecule has 3 amide bonds. The summed E-state index contributed by atoms with van der Waals surface area (Å²) >= 11 is 0. The molecule has 15 nitrogen and oxygen atoms in total. The Morgan fingerprint density at radius 3 is 2.09 bits per heavy atom. The van der Waals surface area contributed by atoms with Crippen molar-refractivity contribution in [2.75, 3.05) is 0 Å². The quantitative estimate of drug-likeness (QED) is 0.137. The average molecular weight is 470 g/mol. The van der Waals surface area contributed by atoms with Crippen molar-refractivity contribution in [2.24, 2.45) is 5.73 Å². The molecule has 0 fully saturated rings. The monoisotopic (exact) mass is 470 g/mol. The Kier molecular flexibility index (Phi) is 10.4. The first-order chi connectivity index (χ1) is 15.4. The van der Waals surface area contributed by atoms with Crippen LogP contribution in [0.2, 0.25) is 0 Å². The van der Waals surface area contributed by atoms with E-state index in [9.17, 15) is 28.8 Å². The Bertz CT molecular complexity index is 873. The predicted molar refractivity (Wildman–Crippen MR) is 108 cm³/mol.